The van der Waals surface area contributed by atoms with Crippen LogP contribution in [0.1, 0.15) is 27.0 Å². The molecule has 0 unspecified atom stereocenters. The van der Waals surface area contributed by atoms with Gasteiger partial charge >= 0.3 is 17.9 Å². The van der Waals surface area contributed by atoms with Gasteiger partial charge in [-0.25, -0.2) is 0 Å². The van der Waals surface area contributed by atoms with Crippen LogP contribution >= 0.6 is 0 Å². The molecule has 1 aromatic heterocycles. The highest BCUT2D eigenvalue weighted by molar-refractivity contribution is 5.67. The van der Waals surface area contributed by atoms with Gasteiger partial charge in [0, 0.05) is 33.0 Å². The van der Waals surface area contributed by atoms with Crippen molar-refractivity contribution in [3.05, 3.63) is 34.7 Å². The largest absolute Gasteiger partial charge is 0.463 e. The number of pyridine rings is 1. The summed E-state index contributed by atoms with van der Waals surface area (Å²) in [5.41, 5.74) is -0.389. The summed E-state index contributed by atoms with van der Waals surface area (Å²) in [6.07, 6.45) is -2.56. The van der Waals surface area contributed by atoms with E-state index < -0.39 is 42.4 Å². The summed E-state index contributed by atoms with van der Waals surface area (Å²) in [5.74, 6) is -1.80. The normalized spacial score (nSPS) is 25.2. The molecule has 9 heteroatoms. The SMILES string of the molecule is CC(=O)OC[C@H]1O[C@@H](n2ccccc2=O)[C@H](OC(C)=O)[C@@H]1OC(C)=O. The van der Waals surface area contributed by atoms with E-state index >= 15 is 0 Å². The first-order chi connectivity index (χ1) is 11.8. The number of nitrogens with zero attached hydrogens (tertiary/aromatic N) is 1. The number of aromatic nitrogens is 1. The van der Waals surface area contributed by atoms with Crippen molar-refractivity contribution in [3.8, 4) is 0 Å². The highest BCUT2D eigenvalue weighted by Crippen LogP contribution is 2.33. The second kappa shape index (κ2) is 7.93. The van der Waals surface area contributed by atoms with Crippen molar-refractivity contribution in [2.75, 3.05) is 6.61 Å². The van der Waals surface area contributed by atoms with Gasteiger partial charge in [-0.2, -0.15) is 0 Å². The van der Waals surface area contributed by atoms with E-state index in [-0.39, 0.29) is 12.2 Å². The van der Waals surface area contributed by atoms with Crippen LogP contribution in [0.3, 0.4) is 0 Å². The van der Waals surface area contributed by atoms with Crippen LogP contribution in [0.15, 0.2) is 29.2 Å². The quantitative estimate of drug-likeness (QED) is 0.544. The maximum atomic E-state index is 12.1. The van der Waals surface area contributed by atoms with E-state index in [2.05, 4.69) is 0 Å². The van der Waals surface area contributed by atoms with Crippen LogP contribution in [-0.2, 0) is 33.3 Å². The van der Waals surface area contributed by atoms with E-state index in [9.17, 15) is 19.2 Å². The third kappa shape index (κ3) is 4.66. The van der Waals surface area contributed by atoms with Gasteiger partial charge in [-0.1, -0.05) is 6.07 Å². The maximum absolute atomic E-state index is 12.1. The monoisotopic (exact) mass is 353 g/mol. The number of ether oxygens (including phenoxy) is 4. The summed E-state index contributed by atoms with van der Waals surface area (Å²) in [6.45, 7) is 3.38. The van der Waals surface area contributed by atoms with Crippen LogP contribution in [0.25, 0.3) is 0 Å². The van der Waals surface area contributed by atoms with Gasteiger partial charge in [-0.05, 0) is 6.07 Å². The summed E-state index contributed by atoms with van der Waals surface area (Å²) in [6, 6.07) is 4.47. The summed E-state index contributed by atoms with van der Waals surface area (Å²) in [7, 11) is 0. The fourth-order valence-electron chi connectivity index (χ4n) is 2.57. The summed E-state index contributed by atoms with van der Waals surface area (Å²) in [5, 5.41) is 0. The van der Waals surface area contributed by atoms with Gasteiger partial charge in [-0.15, -0.1) is 0 Å². The highest BCUT2D eigenvalue weighted by atomic mass is 16.7. The first kappa shape index (κ1) is 18.7. The van der Waals surface area contributed by atoms with Crippen LogP contribution in [-0.4, -0.2) is 47.4 Å². The minimum atomic E-state index is -1.07. The Morgan fingerprint density at radius 1 is 1.04 bits per heavy atom. The molecule has 0 spiro atoms. The molecular weight excluding hydrogens is 334 g/mol. The molecule has 1 aliphatic rings. The molecule has 4 atom stereocenters. The van der Waals surface area contributed by atoms with Gasteiger partial charge in [-0.3, -0.25) is 23.7 Å². The van der Waals surface area contributed by atoms with Crippen molar-refractivity contribution in [3.63, 3.8) is 0 Å². The number of rotatable bonds is 5. The van der Waals surface area contributed by atoms with Gasteiger partial charge in [0.1, 0.15) is 12.7 Å². The molecule has 1 aromatic rings. The molecule has 2 rings (SSSR count). The van der Waals surface area contributed by atoms with Crippen LogP contribution in [0, 0.1) is 0 Å². The minimum Gasteiger partial charge on any atom is -0.463 e. The Morgan fingerprint density at radius 3 is 2.24 bits per heavy atom. The fraction of sp³-hybridized carbons (Fsp3) is 0.500. The highest BCUT2D eigenvalue weighted by Gasteiger charge is 2.50. The molecule has 0 amide bonds. The third-order valence-electron chi connectivity index (χ3n) is 3.47. The minimum absolute atomic E-state index is 0.219. The molecule has 0 aliphatic carbocycles. The summed E-state index contributed by atoms with van der Waals surface area (Å²) >= 11 is 0. The van der Waals surface area contributed by atoms with Crippen LogP contribution in [0.5, 0.6) is 0 Å². The molecule has 0 bridgehead atoms. The first-order valence-corrected chi connectivity index (χ1v) is 7.60. The lowest BCUT2D eigenvalue weighted by molar-refractivity contribution is -0.166. The third-order valence-corrected chi connectivity index (χ3v) is 3.47. The number of esters is 3. The lowest BCUT2D eigenvalue weighted by Gasteiger charge is -2.23. The van der Waals surface area contributed by atoms with Gasteiger partial charge in [0.25, 0.3) is 5.56 Å². The smallest absolute Gasteiger partial charge is 0.303 e. The molecule has 1 aliphatic heterocycles. The number of hydrogen-bond acceptors (Lipinski definition) is 8. The van der Waals surface area contributed by atoms with Crippen molar-refractivity contribution in [2.24, 2.45) is 0 Å². The van der Waals surface area contributed by atoms with E-state index in [0.717, 1.165) is 0 Å². The van der Waals surface area contributed by atoms with E-state index in [0.29, 0.717) is 0 Å². The fourth-order valence-corrected chi connectivity index (χ4v) is 2.57. The second-order valence-corrected chi connectivity index (χ2v) is 5.46. The molecule has 2 heterocycles. The van der Waals surface area contributed by atoms with E-state index in [4.69, 9.17) is 18.9 Å². The zero-order valence-electron chi connectivity index (χ0n) is 14.0. The van der Waals surface area contributed by atoms with Crippen LogP contribution < -0.4 is 5.56 Å². The van der Waals surface area contributed by atoms with Crippen molar-refractivity contribution in [1.29, 1.82) is 0 Å². The molecular formula is C16H19NO8. The summed E-state index contributed by atoms with van der Waals surface area (Å²) < 4.78 is 22.3. The Morgan fingerprint density at radius 2 is 1.68 bits per heavy atom. The van der Waals surface area contributed by atoms with Crippen molar-refractivity contribution in [2.45, 2.75) is 45.3 Å². The zero-order valence-corrected chi connectivity index (χ0v) is 14.0. The van der Waals surface area contributed by atoms with Crippen LogP contribution in [0.4, 0.5) is 0 Å². The molecule has 1 fully saturated rings. The Balaban J connectivity index is 2.37. The zero-order chi connectivity index (χ0) is 18.6. The second-order valence-electron chi connectivity index (χ2n) is 5.46. The van der Waals surface area contributed by atoms with Crippen molar-refractivity contribution < 1.29 is 33.3 Å². The van der Waals surface area contributed by atoms with E-state index in [1.807, 2.05) is 0 Å². The van der Waals surface area contributed by atoms with Crippen LogP contribution in [0.2, 0.25) is 0 Å². The Bertz CT molecular complexity index is 712. The molecule has 0 radical (unpaired) electrons. The first-order valence-electron chi connectivity index (χ1n) is 7.60. The average molecular weight is 353 g/mol. The lowest BCUT2D eigenvalue weighted by atomic mass is 10.1. The average Bonchev–Trinajstić information content (AvgIpc) is 2.82. The molecule has 0 aromatic carbocycles. The molecule has 0 N–H and O–H groups in total. The standard InChI is InChI=1S/C16H19NO8/c1-9(18)22-8-12-14(23-10(2)19)15(24-11(3)20)16(25-12)17-7-5-4-6-13(17)21/h4-7,12,14-16H,8H2,1-3H3/t12-,14-,15-,16-/m1/s1. The number of hydrogen-bond donors (Lipinski definition) is 0. The Labute approximate surface area is 143 Å². The molecule has 1 saturated heterocycles. The predicted octanol–water partition coefficient (Wildman–Crippen LogP) is 0.172. The molecule has 25 heavy (non-hydrogen) atoms. The Hall–Kier alpha value is -2.68. The molecule has 0 saturated carbocycles. The predicted molar refractivity (Wildman–Crippen MR) is 82.4 cm³/mol. The van der Waals surface area contributed by atoms with Crippen molar-refractivity contribution in [1.82, 2.24) is 4.57 Å². The van der Waals surface area contributed by atoms with Gasteiger partial charge in [0.05, 0.1) is 0 Å². The molecule has 136 valence electrons. The number of carbonyl (C=O) groups excluding carboxylic acids is 3. The van der Waals surface area contributed by atoms with E-state index in [1.54, 1.807) is 12.1 Å². The van der Waals surface area contributed by atoms with Gasteiger partial charge < -0.3 is 18.9 Å². The van der Waals surface area contributed by atoms with Crippen molar-refractivity contribution >= 4 is 17.9 Å². The Kier molecular flexibility index (Phi) is 5.92. The van der Waals surface area contributed by atoms with E-state index in [1.165, 1.54) is 37.6 Å². The van der Waals surface area contributed by atoms with Gasteiger partial charge in [0.15, 0.2) is 18.4 Å². The summed E-state index contributed by atoms with van der Waals surface area (Å²) in [4.78, 5) is 46.1. The topological polar surface area (TPSA) is 110 Å². The maximum Gasteiger partial charge on any atom is 0.303 e. The number of carbonyl (C=O) groups is 3. The molecule has 9 nitrogen and oxygen atoms in total. The van der Waals surface area contributed by atoms with Gasteiger partial charge in [0.2, 0.25) is 0 Å². The lowest BCUT2D eigenvalue weighted by Crippen LogP contribution is -2.41.